The molecule has 8 heteroatoms. The summed E-state index contributed by atoms with van der Waals surface area (Å²) in [5.41, 5.74) is -0.478. The number of benzene rings is 2. The van der Waals surface area contributed by atoms with Crippen molar-refractivity contribution in [2.24, 2.45) is 0 Å². The lowest BCUT2D eigenvalue weighted by Crippen LogP contribution is -2.23. The molecule has 0 atom stereocenters. The molecule has 0 radical (unpaired) electrons. The lowest BCUT2D eigenvalue weighted by atomic mass is 9.95. The van der Waals surface area contributed by atoms with Crippen molar-refractivity contribution in [1.82, 2.24) is 9.97 Å². The van der Waals surface area contributed by atoms with E-state index in [4.69, 9.17) is 0 Å². The molecule has 4 nitrogen and oxygen atoms in total. The second-order valence-corrected chi connectivity index (χ2v) is 7.24. The van der Waals surface area contributed by atoms with Crippen LogP contribution in [0.25, 0.3) is 10.9 Å². The highest BCUT2D eigenvalue weighted by Gasteiger charge is 2.31. The Labute approximate surface area is 165 Å². The average molecular weight is 404 g/mol. The van der Waals surface area contributed by atoms with Crippen LogP contribution in [0.4, 0.5) is 35.0 Å². The molecule has 0 bridgehead atoms. The van der Waals surface area contributed by atoms with Crippen LogP contribution in [0.15, 0.2) is 42.5 Å². The minimum Gasteiger partial charge on any atom is -0.367 e. The Hall–Kier alpha value is -2.90. The fourth-order valence-electron chi connectivity index (χ4n) is 3.64. The van der Waals surface area contributed by atoms with Crippen molar-refractivity contribution in [3.8, 4) is 0 Å². The minimum atomic E-state index is -4.64. The summed E-state index contributed by atoms with van der Waals surface area (Å²) in [5, 5.41) is 7.01. The van der Waals surface area contributed by atoms with E-state index in [1.807, 2.05) is 18.2 Å². The third kappa shape index (κ3) is 4.58. The molecule has 29 heavy (non-hydrogen) atoms. The van der Waals surface area contributed by atoms with Crippen molar-refractivity contribution in [3.05, 3.63) is 53.8 Å². The Kier molecular flexibility index (Phi) is 5.25. The first-order valence-electron chi connectivity index (χ1n) is 9.56. The van der Waals surface area contributed by atoms with Crippen molar-refractivity contribution >= 4 is 28.4 Å². The van der Waals surface area contributed by atoms with Gasteiger partial charge in [-0.2, -0.15) is 18.2 Å². The van der Waals surface area contributed by atoms with E-state index in [-0.39, 0.29) is 11.6 Å². The van der Waals surface area contributed by atoms with E-state index < -0.39 is 17.6 Å². The number of fused-ring (bicyclic) bond motifs is 1. The van der Waals surface area contributed by atoms with E-state index in [2.05, 4.69) is 20.6 Å². The van der Waals surface area contributed by atoms with E-state index in [0.717, 1.165) is 43.2 Å². The van der Waals surface area contributed by atoms with E-state index in [9.17, 15) is 17.6 Å². The van der Waals surface area contributed by atoms with Crippen molar-refractivity contribution in [1.29, 1.82) is 0 Å². The lowest BCUT2D eigenvalue weighted by molar-refractivity contribution is -0.137. The zero-order chi connectivity index (χ0) is 20.4. The molecule has 2 N–H and O–H groups in total. The first kappa shape index (κ1) is 19.4. The maximum Gasteiger partial charge on any atom is 0.416 e. The fraction of sp³-hybridized carbons (Fsp3) is 0.333. The minimum absolute atomic E-state index is 0.0591. The van der Waals surface area contributed by atoms with Crippen molar-refractivity contribution < 1.29 is 17.6 Å². The molecule has 0 spiro atoms. The Bertz CT molecular complexity index is 1010. The molecular weight excluding hydrogens is 384 g/mol. The van der Waals surface area contributed by atoms with Gasteiger partial charge in [0.1, 0.15) is 11.6 Å². The molecule has 0 unspecified atom stereocenters. The Morgan fingerprint density at radius 2 is 1.69 bits per heavy atom. The number of nitrogens with one attached hydrogen (secondary N) is 2. The number of aromatic nitrogens is 2. The second kappa shape index (κ2) is 7.85. The van der Waals surface area contributed by atoms with Gasteiger partial charge in [-0.3, -0.25) is 0 Å². The van der Waals surface area contributed by atoms with Gasteiger partial charge in [0.15, 0.2) is 0 Å². The van der Waals surface area contributed by atoms with Gasteiger partial charge in [-0.15, -0.1) is 0 Å². The maximum absolute atomic E-state index is 13.7. The van der Waals surface area contributed by atoms with Crippen molar-refractivity contribution in [3.63, 3.8) is 0 Å². The fourth-order valence-corrected chi connectivity index (χ4v) is 3.64. The summed E-state index contributed by atoms with van der Waals surface area (Å²) in [4.78, 5) is 8.85. The molecule has 1 aliphatic rings. The van der Waals surface area contributed by atoms with Gasteiger partial charge in [0, 0.05) is 17.1 Å². The predicted molar refractivity (Wildman–Crippen MR) is 105 cm³/mol. The summed E-state index contributed by atoms with van der Waals surface area (Å²) in [7, 11) is 0. The lowest BCUT2D eigenvalue weighted by Gasteiger charge is -2.24. The van der Waals surface area contributed by atoms with Crippen LogP contribution < -0.4 is 10.6 Å². The zero-order valence-electron chi connectivity index (χ0n) is 15.6. The topological polar surface area (TPSA) is 49.8 Å². The summed E-state index contributed by atoms with van der Waals surface area (Å²) in [6.45, 7) is 0. The molecule has 152 valence electrons. The standard InChI is InChI=1S/C21H20F4N4/c22-14-10-13(21(23,24)25)11-16(12-14)27-20-28-18-9-5-4-8-17(18)19(29-20)26-15-6-2-1-3-7-15/h4-5,8-12,15H,1-3,6-7H2,(H2,26,27,28,29). The largest absolute Gasteiger partial charge is 0.416 e. The molecule has 0 saturated heterocycles. The van der Waals surface area contributed by atoms with Gasteiger partial charge in [0.25, 0.3) is 0 Å². The van der Waals surface area contributed by atoms with Crippen LogP contribution in [-0.4, -0.2) is 16.0 Å². The molecule has 0 amide bonds. The van der Waals surface area contributed by atoms with E-state index in [0.29, 0.717) is 23.4 Å². The Balaban J connectivity index is 1.68. The molecule has 0 aliphatic heterocycles. The number of nitrogens with zero attached hydrogens (tertiary/aromatic N) is 2. The number of para-hydroxylation sites is 1. The van der Waals surface area contributed by atoms with E-state index in [1.165, 1.54) is 6.42 Å². The second-order valence-electron chi connectivity index (χ2n) is 7.24. The van der Waals surface area contributed by atoms with Crippen LogP contribution in [0.2, 0.25) is 0 Å². The van der Waals surface area contributed by atoms with E-state index in [1.54, 1.807) is 6.07 Å². The van der Waals surface area contributed by atoms with Crippen molar-refractivity contribution in [2.75, 3.05) is 10.6 Å². The zero-order valence-corrected chi connectivity index (χ0v) is 15.6. The molecule has 2 aromatic carbocycles. The molecule has 1 fully saturated rings. The highest BCUT2D eigenvalue weighted by atomic mass is 19.4. The number of hydrogen-bond donors (Lipinski definition) is 2. The third-order valence-corrected chi connectivity index (χ3v) is 5.03. The number of halogens is 4. The van der Waals surface area contributed by atoms with Crippen LogP contribution in [0, 0.1) is 5.82 Å². The smallest absolute Gasteiger partial charge is 0.367 e. The maximum atomic E-state index is 13.7. The first-order valence-corrected chi connectivity index (χ1v) is 9.56. The molecule has 1 aromatic heterocycles. The number of anilines is 3. The molecule has 1 heterocycles. The van der Waals surface area contributed by atoms with Gasteiger partial charge in [0.2, 0.25) is 5.95 Å². The van der Waals surface area contributed by atoms with Crippen LogP contribution >= 0.6 is 0 Å². The summed E-state index contributed by atoms with van der Waals surface area (Å²) in [6.07, 6.45) is 0.956. The third-order valence-electron chi connectivity index (χ3n) is 5.03. The molecule has 1 aliphatic carbocycles. The van der Waals surface area contributed by atoms with Gasteiger partial charge < -0.3 is 10.6 Å². The predicted octanol–water partition coefficient (Wildman–Crippen LogP) is 6.28. The van der Waals surface area contributed by atoms with Gasteiger partial charge in [-0.25, -0.2) is 9.37 Å². The van der Waals surface area contributed by atoms with Crippen LogP contribution in [0.5, 0.6) is 0 Å². The van der Waals surface area contributed by atoms with Gasteiger partial charge in [-0.1, -0.05) is 31.4 Å². The number of hydrogen-bond acceptors (Lipinski definition) is 4. The molecule has 3 aromatic rings. The van der Waals surface area contributed by atoms with Crippen LogP contribution in [0.3, 0.4) is 0 Å². The number of rotatable bonds is 4. The normalized spacial score (nSPS) is 15.4. The van der Waals surface area contributed by atoms with Gasteiger partial charge in [-0.05, 0) is 43.2 Å². The summed E-state index contributed by atoms with van der Waals surface area (Å²) < 4.78 is 52.7. The highest BCUT2D eigenvalue weighted by molar-refractivity contribution is 5.90. The van der Waals surface area contributed by atoms with Gasteiger partial charge in [0.05, 0.1) is 11.1 Å². The SMILES string of the molecule is Fc1cc(Nc2nc(NC3CCCCC3)c3ccccc3n2)cc(C(F)(F)F)c1. The monoisotopic (exact) mass is 404 g/mol. The number of alkyl halides is 3. The van der Waals surface area contributed by atoms with Crippen LogP contribution in [-0.2, 0) is 6.18 Å². The Morgan fingerprint density at radius 3 is 2.45 bits per heavy atom. The average Bonchev–Trinajstić information content (AvgIpc) is 2.68. The highest BCUT2D eigenvalue weighted by Crippen LogP contribution is 2.33. The quantitative estimate of drug-likeness (QED) is 0.503. The van der Waals surface area contributed by atoms with Crippen LogP contribution in [0.1, 0.15) is 37.7 Å². The summed E-state index contributed by atoms with van der Waals surface area (Å²) >= 11 is 0. The van der Waals surface area contributed by atoms with Gasteiger partial charge >= 0.3 is 6.18 Å². The Morgan fingerprint density at radius 1 is 0.931 bits per heavy atom. The summed E-state index contributed by atoms with van der Waals surface area (Å²) in [5.74, 6) is -0.248. The summed E-state index contributed by atoms with van der Waals surface area (Å²) in [6, 6.07) is 10.00. The van der Waals surface area contributed by atoms with Crippen molar-refractivity contribution in [2.45, 2.75) is 44.3 Å². The van der Waals surface area contributed by atoms with E-state index >= 15 is 0 Å². The first-order chi connectivity index (χ1) is 13.9. The molecular formula is C21H20F4N4. The molecule has 1 saturated carbocycles. The molecule has 4 rings (SSSR count).